The summed E-state index contributed by atoms with van der Waals surface area (Å²) in [6.07, 6.45) is 0.486. The summed E-state index contributed by atoms with van der Waals surface area (Å²) in [5.41, 5.74) is 0. The fourth-order valence-corrected chi connectivity index (χ4v) is 1.66. The van der Waals surface area contributed by atoms with Crippen molar-refractivity contribution in [3.8, 4) is 0 Å². The van der Waals surface area contributed by atoms with Gasteiger partial charge in [-0.3, -0.25) is 9.69 Å². The third-order valence-corrected chi connectivity index (χ3v) is 2.88. The van der Waals surface area contributed by atoms with Gasteiger partial charge in [0.25, 0.3) is 0 Å². The van der Waals surface area contributed by atoms with Gasteiger partial charge < -0.3 is 10.2 Å². The van der Waals surface area contributed by atoms with Gasteiger partial charge in [0.2, 0.25) is 0 Å². The monoisotopic (exact) mass is 187 g/mol. The van der Waals surface area contributed by atoms with Crippen molar-refractivity contribution in [1.82, 2.24) is 4.90 Å². The van der Waals surface area contributed by atoms with E-state index in [9.17, 15) is 9.90 Å². The molecular formula is C9H17NO3. The van der Waals surface area contributed by atoms with E-state index in [0.29, 0.717) is 6.54 Å². The third kappa shape index (κ3) is 2.42. The minimum absolute atomic E-state index is 0.00894. The first-order valence-corrected chi connectivity index (χ1v) is 4.67. The van der Waals surface area contributed by atoms with Crippen LogP contribution in [0.4, 0.5) is 0 Å². The van der Waals surface area contributed by atoms with Crippen molar-refractivity contribution < 1.29 is 15.0 Å². The summed E-state index contributed by atoms with van der Waals surface area (Å²) in [5, 5.41) is 18.1. The summed E-state index contributed by atoms with van der Waals surface area (Å²) in [6.45, 7) is 5.02. The molecule has 2 N–H and O–H groups in total. The van der Waals surface area contributed by atoms with E-state index in [1.54, 1.807) is 6.92 Å². The Hall–Kier alpha value is -0.610. The summed E-state index contributed by atoms with van der Waals surface area (Å²) in [5.74, 6) is -1.14. The Labute approximate surface area is 78.2 Å². The van der Waals surface area contributed by atoms with Crippen LogP contribution in [0.3, 0.4) is 0 Å². The third-order valence-electron chi connectivity index (χ3n) is 2.88. The van der Waals surface area contributed by atoms with Gasteiger partial charge in [-0.05, 0) is 13.3 Å². The summed E-state index contributed by atoms with van der Waals surface area (Å²) >= 11 is 0. The van der Waals surface area contributed by atoms with Crippen LogP contribution in [0.15, 0.2) is 0 Å². The van der Waals surface area contributed by atoms with E-state index < -0.39 is 5.97 Å². The molecule has 1 rings (SSSR count). The Morgan fingerprint density at radius 2 is 2.15 bits per heavy atom. The summed E-state index contributed by atoms with van der Waals surface area (Å²) in [4.78, 5) is 12.7. The highest BCUT2D eigenvalue weighted by Gasteiger charge is 2.30. The van der Waals surface area contributed by atoms with Crippen molar-refractivity contribution in [3.05, 3.63) is 0 Å². The van der Waals surface area contributed by atoms with Crippen LogP contribution in [0.1, 0.15) is 20.3 Å². The second kappa shape index (κ2) is 4.07. The molecule has 1 aliphatic heterocycles. The van der Waals surface area contributed by atoms with Crippen molar-refractivity contribution in [2.75, 3.05) is 13.1 Å². The lowest BCUT2D eigenvalue weighted by Gasteiger charge is -2.26. The molecule has 0 bridgehead atoms. The number of aliphatic carboxylic acids is 1. The molecule has 76 valence electrons. The predicted molar refractivity (Wildman–Crippen MR) is 48.5 cm³/mol. The zero-order valence-corrected chi connectivity index (χ0v) is 8.10. The van der Waals surface area contributed by atoms with Crippen molar-refractivity contribution >= 4 is 5.97 Å². The first-order chi connectivity index (χ1) is 6.02. The standard InChI is InChI=1S/C9H17NO3/c1-6(9(12)13)7(2)10-4-3-8(11)5-10/h6-8,11H,3-5H2,1-2H3,(H,12,13)/t6?,7?,8-/m0/s1. The molecule has 0 saturated carbocycles. The highest BCUT2D eigenvalue weighted by Crippen LogP contribution is 2.17. The molecule has 1 heterocycles. The van der Waals surface area contributed by atoms with E-state index in [1.165, 1.54) is 0 Å². The number of hydrogen-bond acceptors (Lipinski definition) is 3. The van der Waals surface area contributed by atoms with Crippen LogP contribution in [0.5, 0.6) is 0 Å². The molecule has 0 spiro atoms. The number of nitrogens with zero attached hydrogens (tertiary/aromatic N) is 1. The van der Waals surface area contributed by atoms with Crippen molar-refractivity contribution in [2.45, 2.75) is 32.4 Å². The van der Waals surface area contributed by atoms with Crippen LogP contribution in [0.2, 0.25) is 0 Å². The number of carboxylic acid groups (broad SMARTS) is 1. The van der Waals surface area contributed by atoms with Crippen LogP contribution >= 0.6 is 0 Å². The summed E-state index contributed by atoms with van der Waals surface area (Å²) in [6, 6.07) is 0.00894. The van der Waals surface area contributed by atoms with Crippen LogP contribution in [-0.2, 0) is 4.79 Å². The SMILES string of the molecule is CC(C(=O)O)C(C)N1CC[C@H](O)C1. The van der Waals surface area contributed by atoms with Gasteiger partial charge in [-0.25, -0.2) is 0 Å². The fourth-order valence-electron chi connectivity index (χ4n) is 1.66. The van der Waals surface area contributed by atoms with Crippen LogP contribution in [0, 0.1) is 5.92 Å². The van der Waals surface area contributed by atoms with E-state index in [1.807, 2.05) is 11.8 Å². The summed E-state index contributed by atoms with van der Waals surface area (Å²) in [7, 11) is 0. The second-order valence-corrected chi connectivity index (χ2v) is 3.80. The molecule has 1 saturated heterocycles. The minimum Gasteiger partial charge on any atom is -0.481 e. The smallest absolute Gasteiger partial charge is 0.307 e. The van der Waals surface area contributed by atoms with Crippen molar-refractivity contribution in [1.29, 1.82) is 0 Å². The lowest BCUT2D eigenvalue weighted by Crippen LogP contribution is -2.39. The van der Waals surface area contributed by atoms with E-state index in [0.717, 1.165) is 13.0 Å². The van der Waals surface area contributed by atoms with E-state index >= 15 is 0 Å². The molecule has 4 nitrogen and oxygen atoms in total. The predicted octanol–water partition coefficient (Wildman–Crippen LogP) is 0.162. The van der Waals surface area contributed by atoms with E-state index in [2.05, 4.69) is 0 Å². The average molecular weight is 187 g/mol. The Morgan fingerprint density at radius 1 is 1.54 bits per heavy atom. The van der Waals surface area contributed by atoms with Gasteiger partial charge >= 0.3 is 5.97 Å². The quantitative estimate of drug-likeness (QED) is 0.661. The van der Waals surface area contributed by atoms with Crippen LogP contribution < -0.4 is 0 Å². The normalized spacial score (nSPS) is 28.7. The molecule has 0 aromatic rings. The molecule has 0 radical (unpaired) electrons. The Kier molecular flexibility index (Phi) is 3.27. The van der Waals surface area contributed by atoms with Gasteiger partial charge in [-0.15, -0.1) is 0 Å². The van der Waals surface area contributed by atoms with E-state index in [-0.39, 0.29) is 18.1 Å². The summed E-state index contributed by atoms with van der Waals surface area (Å²) < 4.78 is 0. The Morgan fingerprint density at radius 3 is 2.54 bits per heavy atom. The number of aliphatic hydroxyl groups excluding tert-OH is 1. The number of likely N-dealkylation sites (tertiary alicyclic amines) is 1. The largest absolute Gasteiger partial charge is 0.481 e. The molecule has 1 aliphatic rings. The van der Waals surface area contributed by atoms with Crippen LogP contribution in [-0.4, -0.2) is 46.3 Å². The average Bonchev–Trinajstić information content (AvgIpc) is 2.49. The van der Waals surface area contributed by atoms with Gasteiger partial charge in [-0.1, -0.05) is 6.92 Å². The Bertz CT molecular complexity index is 195. The lowest BCUT2D eigenvalue weighted by molar-refractivity contribution is -0.143. The van der Waals surface area contributed by atoms with Gasteiger partial charge in [0.15, 0.2) is 0 Å². The first-order valence-electron chi connectivity index (χ1n) is 4.67. The number of rotatable bonds is 3. The zero-order valence-electron chi connectivity index (χ0n) is 8.10. The number of carbonyl (C=O) groups is 1. The topological polar surface area (TPSA) is 60.8 Å². The molecule has 0 aromatic carbocycles. The molecule has 0 aliphatic carbocycles. The molecule has 4 heteroatoms. The van der Waals surface area contributed by atoms with E-state index in [4.69, 9.17) is 5.11 Å². The zero-order chi connectivity index (χ0) is 10.0. The first kappa shape index (κ1) is 10.5. The number of β-amino-alcohol motifs (C(OH)–C–C–N with tert-alkyl or cyclic N) is 1. The van der Waals surface area contributed by atoms with Gasteiger partial charge in [0.1, 0.15) is 0 Å². The molecular weight excluding hydrogens is 170 g/mol. The lowest BCUT2D eigenvalue weighted by atomic mass is 10.0. The molecule has 2 unspecified atom stereocenters. The fraction of sp³-hybridized carbons (Fsp3) is 0.889. The number of carboxylic acids is 1. The maximum absolute atomic E-state index is 10.7. The molecule has 0 aromatic heterocycles. The molecule has 0 amide bonds. The highest BCUT2D eigenvalue weighted by molar-refractivity contribution is 5.70. The van der Waals surface area contributed by atoms with Gasteiger partial charge in [0.05, 0.1) is 12.0 Å². The van der Waals surface area contributed by atoms with Crippen LogP contribution in [0.25, 0.3) is 0 Å². The van der Waals surface area contributed by atoms with Crippen molar-refractivity contribution in [2.24, 2.45) is 5.92 Å². The van der Waals surface area contributed by atoms with Gasteiger partial charge in [0, 0.05) is 19.1 Å². The maximum atomic E-state index is 10.7. The number of aliphatic hydroxyl groups is 1. The Balaban J connectivity index is 2.47. The molecule has 3 atom stereocenters. The minimum atomic E-state index is -0.770. The molecule has 1 fully saturated rings. The van der Waals surface area contributed by atoms with Crippen molar-refractivity contribution in [3.63, 3.8) is 0 Å². The van der Waals surface area contributed by atoms with Gasteiger partial charge in [-0.2, -0.15) is 0 Å². The maximum Gasteiger partial charge on any atom is 0.307 e. The molecule has 13 heavy (non-hydrogen) atoms. The number of hydrogen-bond donors (Lipinski definition) is 2. The highest BCUT2D eigenvalue weighted by atomic mass is 16.4. The second-order valence-electron chi connectivity index (χ2n) is 3.80.